The number of hydrogen-bond donors (Lipinski definition) is 1. The van der Waals surface area contributed by atoms with Gasteiger partial charge in [-0.1, -0.05) is 43.5 Å². The van der Waals surface area contributed by atoms with Crippen LogP contribution < -0.4 is 5.32 Å². The summed E-state index contributed by atoms with van der Waals surface area (Å²) in [7, 11) is 0. The maximum absolute atomic E-state index is 12.6. The average molecular weight is 307 g/mol. The third-order valence-corrected chi connectivity index (χ3v) is 5.13. The fourth-order valence-electron chi connectivity index (χ4n) is 3.74. The van der Waals surface area contributed by atoms with Crippen LogP contribution in [0, 0.1) is 5.92 Å². The minimum Gasteiger partial charge on any atom is -0.318 e. The minimum atomic E-state index is -0.122. The molecule has 1 aliphatic heterocycles. The van der Waals surface area contributed by atoms with Crippen molar-refractivity contribution in [2.24, 2.45) is 5.92 Å². The Labute approximate surface area is 131 Å². The van der Waals surface area contributed by atoms with Gasteiger partial charge in [0.05, 0.1) is 6.04 Å². The summed E-state index contributed by atoms with van der Waals surface area (Å²) in [5.41, 5.74) is 1.08. The lowest BCUT2D eigenvalue weighted by Gasteiger charge is -2.39. The second-order valence-corrected chi connectivity index (χ2v) is 6.86. The predicted molar refractivity (Wildman–Crippen MR) is 85.1 cm³/mol. The number of halogens is 1. The highest BCUT2D eigenvalue weighted by atomic mass is 35.5. The van der Waals surface area contributed by atoms with Crippen LogP contribution in [0.3, 0.4) is 0 Å². The van der Waals surface area contributed by atoms with Crippen LogP contribution in [-0.2, 0) is 4.79 Å². The van der Waals surface area contributed by atoms with E-state index in [9.17, 15) is 4.79 Å². The molecule has 0 radical (unpaired) electrons. The summed E-state index contributed by atoms with van der Waals surface area (Å²) < 4.78 is 0. The van der Waals surface area contributed by atoms with E-state index in [1.54, 1.807) is 0 Å². The van der Waals surface area contributed by atoms with Crippen molar-refractivity contribution in [2.45, 2.75) is 57.8 Å². The highest BCUT2D eigenvalue weighted by Crippen LogP contribution is 2.36. The second kappa shape index (κ2) is 5.98. The molecule has 2 fully saturated rings. The van der Waals surface area contributed by atoms with Crippen LogP contribution in [0.15, 0.2) is 24.3 Å². The number of rotatable bonds is 2. The van der Waals surface area contributed by atoms with E-state index in [1.807, 2.05) is 25.1 Å². The first-order chi connectivity index (χ1) is 10.1. The van der Waals surface area contributed by atoms with Gasteiger partial charge in [-0.05, 0) is 43.4 Å². The van der Waals surface area contributed by atoms with Crippen molar-refractivity contribution in [3.63, 3.8) is 0 Å². The Balaban J connectivity index is 1.92. The fourth-order valence-corrected chi connectivity index (χ4v) is 3.94. The summed E-state index contributed by atoms with van der Waals surface area (Å²) in [6, 6.07) is 8.06. The van der Waals surface area contributed by atoms with E-state index in [4.69, 9.17) is 11.6 Å². The van der Waals surface area contributed by atoms with Gasteiger partial charge in [-0.2, -0.15) is 0 Å². The van der Waals surface area contributed by atoms with Gasteiger partial charge in [-0.3, -0.25) is 10.1 Å². The van der Waals surface area contributed by atoms with E-state index in [-0.39, 0.29) is 18.1 Å². The maximum Gasteiger partial charge on any atom is 0.241 e. The summed E-state index contributed by atoms with van der Waals surface area (Å²) in [6.07, 6.45) is 4.78. The molecule has 1 aromatic rings. The van der Waals surface area contributed by atoms with E-state index in [0.29, 0.717) is 12.0 Å². The molecule has 21 heavy (non-hydrogen) atoms. The Kier molecular flexibility index (Phi) is 4.23. The van der Waals surface area contributed by atoms with Gasteiger partial charge >= 0.3 is 0 Å². The van der Waals surface area contributed by atoms with Gasteiger partial charge in [-0.25, -0.2) is 0 Å². The van der Waals surface area contributed by atoms with E-state index in [0.717, 1.165) is 17.0 Å². The van der Waals surface area contributed by atoms with Crippen molar-refractivity contribution >= 4 is 17.5 Å². The van der Waals surface area contributed by atoms with Crippen molar-refractivity contribution in [3.05, 3.63) is 34.9 Å². The Bertz CT molecular complexity index is 533. The number of nitrogens with one attached hydrogen (secondary N) is 1. The first-order valence-electron chi connectivity index (χ1n) is 7.91. The third kappa shape index (κ3) is 2.82. The number of benzene rings is 1. The topological polar surface area (TPSA) is 32.3 Å². The van der Waals surface area contributed by atoms with Crippen LogP contribution >= 0.6 is 11.6 Å². The normalized spacial score (nSPS) is 33.5. The molecule has 0 aromatic heterocycles. The summed E-state index contributed by atoms with van der Waals surface area (Å²) >= 11 is 6.13. The quantitative estimate of drug-likeness (QED) is 0.903. The molecule has 1 amide bonds. The zero-order valence-electron chi connectivity index (χ0n) is 12.7. The zero-order chi connectivity index (χ0) is 15.0. The highest BCUT2D eigenvalue weighted by molar-refractivity contribution is 6.30. The lowest BCUT2D eigenvalue weighted by atomic mass is 9.84. The maximum atomic E-state index is 12.6. The predicted octanol–water partition coefficient (Wildman–Crippen LogP) is 3.74. The van der Waals surface area contributed by atoms with Crippen molar-refractivity contribution in [3.8, 4) is 0 Å². The van der Waals surface area contributed by atoms with Crippen molar-refractivity contribution < 1.29 is 4.79 Å². The molecule has 1 aromatic carbocycles. The van der Waals surface area contributed by atoms with E-state index in [2.05, 4.69) is 23.2 Å². The third-order valence-electron chi connectivity index (χ3n) is 4.90. The Morgan fingerprint density at radius 3 is 2.71 bits per heavy atom. The van der Waals surface area contributed by atoms with Crippen molar-refractivity contribution in [1.82, 2.24) is 10.2 Å². The summed E-state index contributed by atoms with van der Waals surface area (Å²) in [5.74, 6) is 0.787. The summed E-state index contributed by atoms with van der Waals surface area (Å²) in [4.78, 5) is 14.7. The van der Waals surface area contributed by atoms with Crippen LogP contribution in [0.25, 0.3) is 0 Å². The van der Waals surface area contributed by atoms with Crippen LogP contribution in [-0.4, -0.2) is 22.9 Å². The van der Waals surface area contributed by atoms with Gasteiger partial charge in [-0.15, -0.1) is 0 Å². The molecular formula is C17H23ClN2O. The lowest BCUT2D eigenvalue weighted by Crippen LogP contribution is -2.45. The van der Waals surface area contributed by atoms with Gasteiger partial charge in [0.15, 0.2) is 0 Å². The van der Waals surface area contributed by atoms with Crippen LogP contribution in [0.2, 0.25) is 5.02 Å². The molecule has 3 rings (SSSR count). The number of hydrogen-bond acceptors (Lipinski definition) is 2. The van der Waals surface area contributed by atoms with Gasteiger partial charge in [0, 0.05) is 11.1 Å². The molecule has 4 atom stereocenters. The minimum absolute atomic E-state index is 0.0447. The molecule has 2 aliphatic rings. The molecule has 3 nitrogen and oxygen atoms in total. The van der Waals surface area contributed by atoms with Gasteiger partial charge in [0.2, 0.25) is 5.91 Å². The second-order valence-electron chi connectivity index (χ2n) is 6.42. The molecule has 0 spiro atoms. The van der Waals surface area contributed by atoms with Gasteiger partial charge < -0.3 is 4.90 Å². The van der Waals surface area contributed by atoms with Crippen LogP contribution in [0.1, 0.15) is 51.3 Å². The molecule has 1 N–H and O–H groups in total. The number of amides is 1. The monoisotopic (exact) mass is 306 g/mol. The van der Waals surface area contributed by atoms with Crippen molar-refractivity contribution in [1.29, 1.82) is 0 Å². The molecule has 0 bridgehead atoms. The lowest BCUT2D eigenvalue weighted by molar-refractivity contribution is -0.134. The molecular weight excluding hydrogens is 284 g/mol. The van der Waals surface area contributed by atoms with Crippen LogP contribution in [0.4, 0.5) is 0 Å². The fraction of sp³-hybridized carbons (Fsp3) is 0.588. The molecule has 1 heterocycles. The highest BCUT2D eigenvalue weighted by Gasteiger charge is 2.43. The van der Waals surface area contributed by atoms with Crippen molar-refractivity contribution in [2.75, 3.05) is 0 Å². The summed E-state index contributed by atoms with van der Waals surface area (Å²) in [5, 5.41) is 4.15. The SMILES string of the molecule is CC1NC(c2cccc(Cl)c2)N(C2CCCCC2C)C1=O. The standard InChI is InChI=1S/C17H23ClN2O/c1-11-6-3-4-9-15(11)20-16(19-12(2)17(20)21)13-7-5-8-14(18)10-13/h5,7-8,10-12,15-16,19H,3-4,6,9H2,1-2H3. The zero-order valence-corrected chi connectivity index (χ0v) is 13.4. The van der Waals surface area contributed by atoms with Crippen LogP contribution in [0.5, 0.6) is 0 Å². The van der Waals surface area contributed by atoms with E-state index in [1.165, 1.54) is 19.3 Å². The number of carbonyl (C=O) groups is 1. The van der Waals surface area contributed by atoms with Gasteiger partial charge in [0.1, 0.15) is 6.17 Å². The molecule has 4 heteroatoms. The number of nitrogens with zero attached hydrogens (tertiary/aromatic N) is 1. The average Bonchev–Trinajstić information content (AvgIpc) is 2.76. The molecule has 114 valence electrons. The molecule has 1 aliphatic carbocycles. The molecule has 1 saturated carbocycles. The molecule has 1 saturated heterocycles. The first-order valence-corrected chi connectivity index (χ1v) is 8.29. The Morgan fingerprint density at radius 1 is 1.24 bits per heavy atom. The Hall–Kier alpha value is -1.06. The molecule has 4 unspecified atom stereocenters. The van der Waals surface area contributed by atoms with E-state index >= 15 is 0 Å². The van der Waals surface area contributed by atoms with E-state index < -0.39 is 0 Å². The first kappa shape index (κ1) is 14.9. The smallest absolute Gasteiger partial charge is 0.241 e. The summed E-state index contributed by atoms with van der Waals surface area (Å²) in [6.45, 7) is 4.22. The largest absolute Gasteiger partial charge is 0.318 e. The number of carbonyl (C=O) groups excluding carboxylic acids is 1. The Morgan fingerprint density at radius 2 is 2.00 bits per heavy atom. The van der Waals surface area contributed by atoms with Gasteiger partial charge in [0.25, 0.3) is 0 Å².